The molecule has 0 aromatic heterocycles. The van der Waals surface area contributed by atoms with Crippen LogP contribution in [0.4, 0.5) is 0 Å². The first kappa shape index (κ1) is 10.1. The molecule has 2 rings (SSSR count). The van der Waals surface area contributed by atoms with Gasteiger partial charge in [0.2, 0.25) is 0 Å². The molecule has 0 aliphatic rings. The van der Waals surface area contributed by atoms with Crippen LogP contribution in [0.3, 0.4) is 0 Å². The maximum atomic E-state index is 9.86. The van der Waals surface area contributed by atoms with Gasteiger partial charge in [-0.15, -0.1) is 0 Å². The average molecular weight is 260 g/mol. The fraction of sp³-hybridized carbons (Fsp3) is 0. The molecular weight excluding hydrogens is 251 g/mol. The van der Waals surface area contributed by atoms with Gasteiger partial charge in [-0.25, -0.2) is 0 Å². The van der Waals surface area contributed by atoms with Crippen molar-refractivity contribution in [3.8, 4) is 22.6 Å². The molecule has 0 aliphatic heterocycles. The second-order valence-corrected chi connectivity index (χ2v) is 4.13. The molecular formula is C12H9AsO2. The molecule has 0 aliphatic carbocycles. The Balaban J connectivity index is 2.60. The van der Waals surface area contributed by atoms with Crippen molar-refractivity contribution in [2.75, 3.05) is 0 Å². The fourth-order valence-electron chi connectivity index (χ4n) is 1.42. The quantitative estimate of drug-likeness (QED) is 0.764. The monoisotopic (exact) mass is 260 g/mol. The van der Waals surface area contributed by atoms with Crippen molar-refractivity contribution in [1.82, 2.24) is 0 Å². The van der Waals surface area contributed by atoms with Gasteiger partial charge in [0, 0.05) is 0 Å². The van der Waals surface area contributed by atoms with E-state index < -0.39 is 0 Å². The summed E-state index contributed by atoms with van der Waals surface area (Å²) in [7, 11) is 0. The van der Waals surface area contributed by atoms with Crippen LogP contribution in [0.5, 0.6) is 11.5 Å². The normalized spacial score (nSPS) is 10.2. The van der Waals surface area contributed by atoms with Gasteiger partial charge >= 0.3 is 96.5 Å². The summed E-state index contributed by atoms with van der Waals surface area (Å²) in [6.07, 6.45) is 0. The van der Waals surface area contributed by atoms with Crippen molar-refractivity contribution >= 4 is 21.2 Å². The van der Waals surface area contributed by atoms with Crippen molar-refractivity contribution in [1.29, 1.82) is 0 Å². The third-order valence-electron chi connectivity index (χ3n) is 2.21. The van der Waals surface area contributed by atoms with Gasteiger partial charge in [0.25, 0.3) is 0 Å². The second kappa shape index (κ2) is 3.99. The van der Waals surface area contributed by atoms with E-state index in [4.69, 9.17) is 0 Å². The Morgan fingerprint density at radius 3 is 2.20 bits per heavy atom. The van der Waals surface area contributed by atoms with Gasteiger partial charge in [0.15, 0.2) is 0 Å². The van der Waals surface area contributed by atoms with Crippen LogP contribution in [-0.4, -0.2) is 27.1 Å². The summed E-state index contributed by atoms with van der Waals surface area (Å²) < 4.78 is 0.448. The van der Waals surface area contributed by atoms with Gasteiger partial charge in [-0.2, -0.15) is 0 Å². The fourth-order valence-corrected chi connectivity index (χ4v) is 1.83. The summed E-state index contributed by atoms with van der Waals surface area (Å²) in [5.41, 5.74) is 1.66. The molecule has 74 valence electrons. The summed E-state index contributed by atoms with van der Waals surface area (Å²) in [4.78, 5) is 0. The van der Waals surface area contributed by atoms with Crippen LogP contribution < -0.4 is 4.35 Å². The maximum absolute atomic E-state index is 9.86. The first-order valence-electron chi connectivity index (χ1n) is 4.49. The van der Waals surface area contributed by atoms with Gasteiger partial charge < -0.3 is 0 Å². The van der Waals surface area contributed by atoms with E-state index in [1.807, 2.05) is 30.3 Å². The predicted octanol–water partition coefficient (Wildman–Crippen LogP) is 1.56. The first-order chi connectivity index (χ1) is 7.20. The number of phenolic OH excluding ortho intramolecular Hbond substituents is 2. The molecule has 0 spiro atoms. The molecule has 2 radical (unpaired) electrons. The number of phenols is 2. The van der Waals surface area contributed by atoms with Crippen molar-refractivity contribution in [2.45, 2.75) is 0 Å². The summed E-state index contributed by atoms with van der Waals surface area (Å²) in [6, 6.07) is 12.9. The molecule has 0 bridgehead atoms. The number of hydrogen-bond donors (Lipinski definition) is 2. The molecule has 0 unspecified atom stereocenters. The van der Waals surface area contributed by atoms with Crippen LogP contribution in [0.25, 0.3) is 11.1 Å². The third kappa shape index (κ3) is 1.86. The van der Waals surface area contributed by atoms with Gasteiger partial charge in [0.05, 0.1) is 0 Å². The van der Waals surface area contributed by atoms with Crippen LogP contribution in [0.2, 0.25) is 0 Å². The number of hydrogen-bond acceptors (Lipinski definition) is 2. The molecule has 0 atom stereocenters. The Bertz CT molecular complexity index is 480. The van der Waals surface area contributed by atoms with E-state index in [1.165, 1.54) is 0 Å². The van der Waals surface area contributed by atoms with Crippen molar-refractivity contribution in [3.63, 3.8) is 0 Å². The SMILES string of the molecule is Oc1ccc(-c2ccccc2)c(O)c1[As]. The Morgan fingerprint density at radius 1 is 0.867 bits per heavy atom. The minimum absolute atomic E-state index is 0.0900. The van der Waals surface area contributed by atoms with Crippen molar-refractivity contribution in [3.05, 3.63) is 42.5 Å². The molecule has 2 aromatic rings. The predicted molar refractivity (Wildman–Crippen MR) is 60.6 cm³/mol. The van der Waals surface area contributed by atoms with Crippen LogP contribution in [0, 0.1) is 0 Å². The summed E-state index contributed by atoms with van der Waals surface area (Å²) in [6.45, 7) is 0. The number of aromatic hydroxyl groups is 2. The Hall–Kier alpha value is -1.40. The van der Waals surface area contributed by atoms with E-state index >= 15 is 0 Å². The Labute approximate surface area is 96.7 Å². The minimum atomic E-state index is 0.0900. The van der Waals surface area contributed by atoms with Crippen molar-refractivity contribution in [2.24, 2.45) is 0 Å². The van der Waals surface area contributed by atoms with Gasteiger partial charge in [-0.1, -0.05) is 0 Å². The molecule has 0 saturated carbocycles. The molecule has 2 aromatic carbocycles. The van der Waals surface area contributed by atoms with Crippen molar-refractivity contribution < 1.29 is 10.2 Å². The molecule has 0 saturated heterocycles. The third-order valence-corrected chi connectivity index (χ3v) is 3.14. The van der Waals surface area contributed by atoms with Crippen LogP contribution in [0.1, 0.15) is 0 Å². The van der Waals surface area contributed by atoms with Gasteiger partial charge in [0.1, 0.15) is 0 Å². The van der Waals surface area contributed by atoms with Gasteiger partial charge in [-0.05, 0) is 0 Å². The molecule has 15 heavy (non-hydrogen) atoms. The molecule has 0 amide bonds. The van der Waals surface area contributed by atoms with E-state index in [9.17, 15) is 10.2 Å². The van der Waals surface area contributed by atoms with Gasteiger partial charge in [-0.3, -0.25) is 0 Å². The second-order valence-electron chi connectivity index (χ2n) is 3.20. The summed E-state index contributed by atoms with van der Waals surface area (Å²) in [5, 5.41) is 19.3. The van der Waals surface area contributed by atoms with E-state index in [0.717, 1.165) is 11.1 Å². The molecule has 3 heteroatoms. The first-order valence-corrected chi connectivity index (χ1v) is 5.43. The molecule has 0 fully saturated rings. The van der Waals surface area contributed by atoms with Crippen LogP contribution in [0.15, 0.2) is 42.5 Å². The van der Waals surface area contributed by atoms with Crippen LogP contribution in [-0.2, 0) is 0 Å². The summed E-state index contributed by atoms with van der Waals surface area (Å²) >= 11 is 2.17. The number of rotatable bonds is 1. The standard InChI is InChI=1S/C12H9AsO2/c13-11-10(14)7-6-9(12(11)15)8-4-2-1-3-5-8/h1-7,14-15H. The zero-order valence-corrected chi connectivity index (χ0v) is 9.76. The van der Waals surface area contributed by atoms with E-state index in [1.54, 1.807) is 12.1 Å². The molecule has 2 nitrogen and oxygen atoms in total. The Morgan fingerprint density at radius 2 is 1.53 bits per heavy atom. The van der Waals surface area contributed by atoms with E-state index in [2.05, 4.69) is 16.9 Å². The average Bonchev–Trinajstić information content (AvgIpc) is 2.27. The van der Waals surface area contributed by atoms with E-state index in [0.29, 0.717) is 4.35 Å². The van der Waals surface area contributed by atoms with E-state index in [-0.39, 0.29) is 11.5 Å². The zero-order chi connectivity index (χ0) is 10.8. The van der Waals surface area contributed by atoms with Crippen LogP contribution >= 0.6 is 0 Å². The molecule has 0 heterocycles. The Kier molecular flexibility index (Phi) is 2.70. The topological polar surface area (TPSA) is 40.5 Å². The molecule has 2 N–H and O–H groups in total. The summed E-state index contributed by atoms with van der Waals surface area (Å²) in [5.74, 6) is 0.202. The number of benzene rings is 2. The zero-order valence-electron chi connectivity index (χ0n) is 7.88.